The van der Waals surface area contributed by atoms with Crippen molar-refractivity contribution < 1.29 is 13.2 Å². The minimum Gasteiger partial charge on any atom is -0.326 e. The van der Waals surface area contributed by atoms with Gasteiger partial charge in [-0.25, -0.2) is 0 Å². The van der Waals surface area contributed by atoms with Crippen molar-refractivity contribution in [3.8, 4) is 0 Å². The number of halogens is 3. The van der Waals surface area contributed by atoms with Gasteiger partial charge < -0.3 is 5.73 Å². The van der Waals surface area contributed by atoms with Gasteiger partial charge in [0.05, 0.1) is 5.92 Å². The van der Waals surface area contributed by atoms with E-state index in [1.54, 1.807) is 24.3 Å². The summed E-state index contributed by atoms with van der Waals surface area (Å²) in [4.78, 5) is 0. The number of allylic oxidation sites excluding steroid dienone is 1. The van der Waals surface area contributed by atoms with Crippen molar-refractivity contribution >= 4 is 6.08 Å². The van der Waals surface area contributed by atoms with Gasteiger partial charge in [-0.3, -0.25) is 0 Å². The summed E-state index contributed by atoms with van der Waals surface area (Å²) in [5.74, 6) is -1.62. The highest BCUT2D eigenvalue weighted by molar-refractivity contribution is 5.52. The van der Waals surface area contributed by atoms with E-state index >= 15 is 0 Å². The van der Waals surface area contributed by atoms with E-state index in [4.69, 9.17) is 5.73 Å². The van der Waals surface area contributed by atoms with Crippen LogP contribution in [-0.2, 0) is 6.54 Å². The summed E-state index contributed by atoms with van der Waals surface area (Å²) in [6.45, 7) is 6.02. The van der Waals surface area contributed by atoms with E-state index in [-0.39, 0.29) is 5.56 Å². The third-order valence-electron chi connectivity index (χ3n) is 4.36. The monoisotopic (exact) mass is 333 g/mol. The summed E-state index contributed by atoms with van der Waals surface area (Å²) in [5.41, 5.74) is 10.3. The molecule has 1 atom stereocenters. The van der Waals surface area contributed by atoms with Crippen LogP contribution in [0.25, 0.3) is 6.08 Å². The molecule has 128 valence electrons. The van der Waals surface area contributed by atoms with Gasteiger partial charge in [-0.1, -0.05) is 48.6 Å². The zero-order valence-corrected chi connectivity index (χ0v) is 14.1. The van der Waals surface area contributed by atoms with Gasteiger partial charge in [0.1, 0.15) is 0 Å². The number of rotatable bonds is 4. The second kappa shape index (κ2) is 7.22. The molecular formula is C20H22F3N. The molecule has 1 unspecified atom stereocenters. The van der Waals surface area contributed by atoms with Gasteiger partial charge in [0, 0.05) is 6.54 Å². The van der Waals surface area contributed by atoms with Gasteiger partial charge in [-0.05, 0) is 54.2 Å². The van der Waals surface area contributed by atoms with E-state index in [0.29, 0.717) is 6.54 Å². The molecule has 0 amide bonds. The summed E-state index contributed by atoms with van der Waals surface area (Å²) in [6, 6.07) is 10.4. The normalized spacial score (nSPS) is 13.5. The van der Waals surface area contributed by atoms with E-state index in [2.05, 4.69) is 0 Å². The van der Waals surface area contributed by atoms with Gasteiger partial charge in [0.15, 0.2) is 0 Å². The lowest BCUT2D eigenvalue weighted by molar-refractivity contribution is -0.139. The second-order valence-corrected chi connectivity index (χ2v) is 6.10. The fourth-order valence-electron chi connectivity index (χ4n) is 2.63. The minimum absolute atomic E-state index is 0.276. The maximum atomic E-state index is 13.5. The Balaban J connectivity index is 2.37. The summed E-state index contributed by atoms with van der Waals surface area (Å²) in [7, 11) is 0. The molecule has 0 aliphatic heterocycles. The number of aryl methyl sites for hydroxylation is 2. The molecule has 0 aliphatic rings. The highest BCUT2D eigenvalue weighted by Gasteiger charge is 2.39. The zero-order chi connectivity index (χ0) is 17.9. The average Bonchev–Trinajstić information content (AvgIpc) is 2.52. The van der Waals surface area contributed by atoms with E-state index in [0.717, 1.165) is 27.8 Å². The molecule has 0 radical (unpaired) electrons. The zero-order valence-electron chi connectivity index (χ0n) is 14.1. The van der Waals surface area contributed by atoms with Gasteiger partial charge in [-0.2, -0.15) is 13.2 Å². The predicted molar refractivity (Wildman–Crippen MR) is 92.8 cm³/mol. The van der Waals surface area contributed by atoms with E-state index in [9.17, 15) is 13.2 Å². The van der Waals surface area contributed by atoms with Crippen molar-refractivity contribution in [3.63, 3.8) is 0 Å². The van der Waals surface area contributed by atoms with Gasteiger partial charge >= 0.3 is 6.18 Å². The average molecular weight is 333 g/mol. The van der Waals surface area contributed by atoms with Crippen LogP contribution in [0.2, 0.25) is 0 Å². The summed E-state index contributed by atoms with van der Waals surface area (Å²) >= 11 is 0. The molecule has 0 saturated carbocycles. The van der Waals surface area contributed by atoms with Crippen molar-refractivity contribution in [2.24, 2.45) is 5.73 Å². The largest absolute Gasteiger partial charge is 0.399 e. The third kappa shape index (κ3) is 4.26. The van der Waals surface area contributed by atoms with E-state index in [1.807, 2.05) is 32.9 Å². The molecule has 0 aliphatic carbocycles. The molecule has 0 spiro atoms. The third-order valence-corrected chi connectivity index (χ3v) is 4.36. The van der Waals surface area contributed by atoms with Crippen LogP contribution in [0.15, 0.2) is 42.5 Å². The first-order valence-corrected chi connectivity index (χ1v) is 7.84. The van der Waals surface area contributed by atoms with Gasteiger partial charge in [-0.15, -0.1) is 0 Å². The van der Waals surface area contributed by atoms with Crippen molar-refractivity contribution in [1.29, 1.82) is 0 Å². The maximum absolute atomic E-state index is 13.5. The lowest BCUT2D eigenvalue weighted by atomic mass is 9.91. The first-order chi connectivity index (χ1) is 11.2. The van der Waals surface area contributed by atoms with E-state index < -0.39 is 12.1 Å². The fourth-order valence-corrected chi connectivity index (χ4v) is 2.63. The molecule has 1 nitrogen and oxygen atoms in total. The quantitative estimate of drug-likeness (QED) is 0.793. The Morgan fingerprint density at radius 2 is 1.54 bits per heavy atom. The van der Waals surface area contributed by atoms with Crippen LogP contribution in [0, 0.1) is 20.8 Å². The SMILES string of the molecule is Cc1cc(C(/C=C/c2ccc(CN)cc2)C(F)(F)F)cc(C)c1C. The number of nitrogens with two attached hydrogens (primary N) is 1. The molecule has 24 heavy (non-hydrogen) atoms. The van der Waals surface area contributed by atoms with Crippen LogP contribution >= 0.6 is 0 Å². The minimum atomic E-state index is -4.33. The number of hydrogen-bond acceptors (Lipinski definition) is 1. The summed E-state index contributed by atoms with van der Waals surface area (Å²) in [5, 5.41) is 0. The summed E-state index contributed by atoms with van der Waals surface area (Å²) in [6.07, 6.45) is -1.59. The first-order valence-electron chi connectivity index (χ1n) is 7.84. The Bertz CT molecular complexity index is 705. The topological polar surface area (TPSA) is 26.0 Å². The standard InChI is InChI=1S/C20H22F3N/c1-13-10-18(11-14(2)15(13)3)19(20(21,22)23)9-8-16-4-6-17(12-24)7-5-16/h4-11,19H,12,24H2,1-3H3/b9-8+. The molecule has 0 saturated heterocycles. The smallest absolute Gasteiger partial charge is 0.326 e. The Morgan fingerprint density at radius 1 is 1.00 bits per heavy atom. The van der Waals surface area contributed by atoms with E-state index in [1.165, 1.54) is 12.2 Å². The molecule has 2 aromatic carbocycles. The van der Waals surface area contributed by atoms with Crippen LogP contribution < -0.4 is 5.73 Å². The second-order valence-electron chi connectivity index (χ2n) is 6.10. The Kier molecular flexibility index (Phi) is 5.50. The molecule has 0 fully saturated rings. The molecule has 2 rings (SSSR count). The highest BCUT2D eigenvalue weighted by Crippen LogP contribution is 2.37. The van der Waals surface area contributed by atoms with Crippen molar-refractivity contribution in [1.82, 2.24) is 0 Å². The first kappa shape index (κ1) is 18.3. The van der Waals surface area contributed by atoms with Crippen LogP contribution in [0.5, 0.6) is 0 Å². The Labute approximate surface area is 141 Å². The highest BCUT2D eigenvalue weighted by atomic mass is 19.4. The molecule has 2 N–H and O–H groups in total. The maximum Gasteiger partial charge on any atom is 0.399 e. The Morgan fingerprint density at radius 3 is 2.00 bits per heavy atom. The number of alkyl halides is 3. The van der Waals surface area contributed by atoms with Crippen molar-refractivity contribution in [3.05, 3.63) is 75.9 Å². The van der Waals surface area contributed by atoms with Gasteiger partial charge in [0.2, 0.25) is 0 Å². The van der Waals surface area contributed by atoms with Crippen molar-refractivity contribution in [2.75, 3.05) is 0 Å². The molecule has 0 heterocycles. The molecule has 4 heteroatoms. The van der Waals surface area contributed by atoms with Crippen LogP contribution in [0.3, 0.4) is 0 Å². The lowest BCUT2D eigenvalue weighted by Crippen LogP contribution is -2.19. The van der Waals surface area contributed by atoms with Gasteiger partial charge in [0.25, 0.3) is 0 Å². The number of hydrogen-bond donors (Lipinski definition) is 1. The summed E-state index contributed by atoms with van der Waals surface area (Å²) < 4.78 is 40.6. The van der Waals surface area contributed by atoms with Crippen LogP contribution in [-0.4, -0.2) is 6.18 Å². The fraction of sp³-hybridized carbons (Fsp3) is 0.300. The lowest BCUT2D eigenvalue weighted by Gasteiger charge is -2.19. The number of benzene rings is 2. The van der Waals surface area contributed by atoms with Crippen molar-refractivity contribution in [2.45, 2.75) is 39.4 Å². The molecule has 0 aromatic heterocycles. The molecule has 2 aromatic rings. The predicted octanol–water partition coefficient (Wildman–Crippen LogP) is 5.43. The van der Waals surface area contributed by atoms with Crippen LogP contribution in [0.4, 0.5) is 13.2 Å². The van der Waals surface area contributed by atoms with Crippen LogP contribution in [0.1, 0.15) is 39.3 Å². The Hall–Kier alpha value is -2.07. The molecular weight excluding hydrogens is 311 g/mol. The molecule has 0 bridgehead atoms.